The maximum Gasteiger partial charge on any atom is 0.0622 e. The van der Waals surface area contributed by atoms with E-state index >= 15 is 0 Å². The lowest BCUT2D eigenvalue weighted by molar-refractivity contribution is -0.168. The molecule has 0 heterocycles. The molecule has 4 rings (SSSR count). The predicted octanol–water partition coefficient (Wildman–Crippen LogP) is 4.56. The summed E-state index contributed by atoms with van der Waals surface area (Å²) in [5.41, 5.74) is 0.0956. The maximum atomic E-state index is 10.7. The fraction of sp³-hybridized carbons (Fsp3) is 1.00. The molecule has 2 unspecified atom stereocenters. The van der Waals surface area contributed by atoms with E-state index in [0.717, 1.165) is 43.6 Å². The van der Waals surface area contributed by atoms with E-state index in [0.29, 0.717) is 17.3 Å². The zero-order chi connectivity index (χ0) is 18.7. The van der Waals surface area contributed by atoms with Gasteiger partial charge in [0.15, 0.2) is 0 Å². The highest BCUT2D eigenvalue weighted by Crippen LogP contribution is 2.68. The molecular formula is C22H39O3P. The summed E-state index contributed by atoms with van der Waals surface area (Å²) >= 11 is 0. The Balaban J connectivity index is 1.64. The van der Waals surface area contributed by atoms with Crippen molar-refractivity contribution in [3.05, 3.63) is 0 Å². The molecular weight excluding hydrogens is 343 g/mol. The van der Waals surface area contributed by atoms with E-state index in [9.17, 15) is 10.2 Å². The second kappa shape index (κ2) is 6.68. The van der Waals surface area contributed by atoms with Crippen molar-refractivity contribution in [2.24, 2.45) is 40.4 Å². The molecule has 4 fully saturated rings. The third-order valence-electron chi connectivity index (χ3n) is 9.66. The minimum Gasteiger partial charge on any atom is -0.393 e. The molecule has 0 aromatic carbocycles. The van der Waals surface area contributed by atoms with Crippen molar-refractivity contribution in [2.45, 2.75) is 90.3 Å². The fourth-order valence-corrected chi connectivity index (χ4v) is 8.81. The average Bonchev–Trinajstić information content (AvgIpc) is 2.92. The van der Waals surface area contributed by atoms with Crippen LogP contribution in [0.2, 0.25) is 0 Å². The van der Waals surface area contributed by atoms with Crippen molar-refractivity contribution in [2.75, 3.05) is 6.61 Å². The van der Waals surface area contributed by atoms with Gasteiger partial charge in [-0.25, -0.2) is 0 Å². The predicted molar refractivity (Wildman–Crippen MR) is 108 cm³/mol. The largest absolute Gasteiger partial charge is 0.393 e. The smallest absolute Gasteiger partial charge is 0.0622 e. The molecule has 0 radical (unpaired) electrons. The molecule has 4 heteroatoms. The Labute approximate surface area is 161 Å². The molecule has 0 spiro atoms. The lowest BCUT2D eigenvalue weighted by Gasteiger charge is -2.62. The molecule has 150 valence electrons. The summed E-state index contributed by atoms with van der Waals surface area (Å²) in [4.78, 5) is 0. The van der Waals surface area contributed by atoms with Crippen LogP contribution in [-0.2, 0) is 4.52 Å². The molecule has 10 atom stereocenters. The number of hydrogen-bond donors (Lipinski definition) is 2. The number of aliphatic hydroxyl groups is 2. The van der Waals surface area contributed by atoms with Crippen LogP contribution in [0.15, 0.2) is 0 Å². The fourth-order valence-electron chi connectivity index (χ4n) is 8.50. The summed E-state index contributed by atoms with van der Waals surface area (Å²) in [7, 11) is 2.50. The lowest BCUT2D eigenvalue weighted by atomic mass is 9.43. The summed E-state index contributed by atoms with van der Waals surface area (Å²) in [5, 5.41) is 21.1. The van der Waals surface area contributed by atoms with Crippen LogP contribution in [0.1, 0.15) is 78.6 Å². The van der Waals surface area contributed by atoms with Crippen LogP contribution in [0.25, 0.3) is 0 Å². The molecule has 4 aliphatic carbocycles. The molecule has 0 saturated heterocycles. The highest BCUT2D eigenvalue weighted by molar-refractivity contribution is 7.09. The van der Waals surface area contributed by atoms with E-state index in [1.54, 1.807) is 0 Å². The van der Waals surface area contributed by atoms with E-state index < -0.39 is 5.60 Å². The van der Waals surface area contributed by atoms with Crippen LogP contribution in [-0.4, -0.2) is 28.5 Å². The average molecular weight is 383 g/mol. The minimum atomic E-state index is -0.490. The molecule has 2 N–H and O–H groups in total. The third-order valence-corrected chi connectivity index (χ3v) is 9.83. The van der Waals surface area contributed by atoms with Gasteiger partial charge in [0, 0.05) is 14.9 Å². The summed E-state index contributed by atoms with van der Waals surface area (Å²) < 4.78 is 5.75. The van der Waals surface area contributed by atoms with Crippen molar-refractivity contribution in [3.63, 3.8) is 0 Å². The van der Waals surface area contributed by atoms with Gasteiger partial charge < -0.3 is 14.7 Å². The topological polar surface area (TPSA) is 49.7 Å². The molecule has 0 bridgehead atoms. The third kappa shape index (κ3) is 2.83. The van der Waals surface area contributed by atoms with Gasteiger partial charge in [0.1, 0.15) is 0 Å². The van der Waals surface area contributed by atoms with Crippen LogP contribution in [0.3, 0.4) is 0 Å². The van der Waals surface area contributed by atoms with Crippen LogP contribution in [0.5, 0.6) is 0 Å². The Kier molecular flexibility index (Phi) is 5.04. The molecule has 4 aliphatic rings. The zero-order valence-corrected chi connectivity index (χ0v) is 18.1. The Hall–Kier alpha value is 0.310. The number of aliphatic hydroxyl groups excluding tert-OH is 1. The van der Waals surface area contributed by atoms with Crippen LogP contribution in [0, 0.1) is 40.4 Å². The van der Waals surface area contributed by atoms with Gasteiger partial charge in [0.25, 0.3) is 0 Å². The number of fused-ring (bicyclic) bond motifs is 5. The van der Waals surface area contributed by atoms with Crippen molar-refractivity contribution in [3.8, 4) is 0 Å². The van der Waals surface area contributed by atoms with Crippen molar-refractivity contribution < 1.29 is 14.7 Å². The maximum absolute atomic E-state index is 10.7. The van der Waals surface area contributed by atoms with Gasteiger partial charge in [0.2, 0.25) is 0 Å². The van der Waals surface area contributed by atoms with Gasteiger partial charge in [-0.1, -0.05) is 6.92 Å². The molecule has 0 aromatic heterocycles. The van der Waals surface area contributed by atoms with Crippen molar-refractivity contribution in [1.29, 1.82) is 0 Å². The molecule has 0 amide bonds. The van der Waals surface area contributed by atoms with E-state index in [1.165, 1.54) is 38.5 Å². The second-order valence-corrected chi connectivity index (χ2v) is 11.2. The first kappa shape index (κ1) is 19.6. The first-order chi connectivity index (χ1) is 12.2. The van der Waals surface area contributed by atoms with Gasteiger partial charge in [-0.3, -0.25) is 0 Å². The molecule has 0 aromatic rings. The first-order valence-corrected chi connectivity index (χ1v) is 11.4. The summed E-state index contributed by atoms with van der Waals surface area (Å²) in [6.07, 6.45) is 10.4. The Bertz CT molecular complexity index is 535. The summed E-state index contributed by atoms with van der Waals surface area (Å²) in [6, 6.07) is 0. The van der Waals surface area contributed by atoms with Gasteiger partial charge in [-0.05, 0) is 107 Å². The molecule has 3 nitrogen and oxygen atoms in total. The van der Waals surface area contributed by atoms with Gasteiger partial charge in [-0.2, -0.15) is 0 Å². The van der Waals surface area contributed by atoms with Gasteiger partial charge in [0.05, 0.1) is 18.3 Å². The Morgan fingerprint density at radius 2 is 1.81 bits per heavy atom. The Morgan fingerprint density at radius 1 is 1.04 bits per heavy atom. The van der Waals surface area contributed by atoms with E-state index in [1.807, 2.05) is 13.8 Å². The number of hydrogen-bond acceptors (Lipinski definition) is 3. The number of rotatable bonds is 3. The van der Waals surface area contributed by atoms with Gasteiger partial charge >= 0.3 is 0 Å². The quantitative estimate of drug-likeness (QED) is 0.703. The highest BCUT2D eigenvalue weighted by atomic mass is 31.0. The van der Waals surface area contributed by atoms with E-state index in [4.69, 9.17) is 4.52 Å². The second-order valence-electron chi connectivity index (χ2n) is 10.9. The van der Waals surface area contributed by atoms with Crippen LogP contribution in [0.4, 0.5) is 0 Å². The molecule has 26 heavy (non-hydrogen) atoms. The monoisotopic (exact) mass is 382 g/mol. The highest BCUT2D eigenvalue weighted by Gasteiger charge is 2.62. The van der Waals surface area contributed by atoms with Crippen LogP contribution >= 0.6 is 9.47 Å². The standard InChI is InChI=1S/C22H39O3P/c1-14(23)17-6-7-18-16-5-4-15-12-20(2,24)10-11-22(15,13-25-26)19(16)8-9-21(17,18)3/h14-19,23-24H,4-13,26H2,1-3H3/t14?,15-,16-,17+,18-,19-,20+,21+,22+/m0/s1. The van der Waals surface area contributed by atoms with Crippen molar-refractivity contribution in [1.82, 2.24) is 0 Å². The normalized spacial score (nSPS) is 54.9. The van der Waals surface area contributed by atoms with Crippen molar-refractivity contribution >= 4 is 9.47 Å². The summed E-state index contributed by atoms with van der Waals surface area (Å²) in [5.74, 6) is 3.38. The molecule has 4 saturated carbocycles. The first-order valence-electron chi connectivity index (χ1n) is 11.0. The molecule has 0 aliphatic heterocycles. The zero-order valence-electron chi connectivity index (χ0n) is 16.9. The Morgan fingerprint density at radius 3 is 2.50 bits per heavy atom. The minimum absolute atomic E-state index is 0.174. The van der Waals surface area contributed by atoms with E-state index in [-0.39, 0.29) is 11.5 Å². The lowest BCUT2D eigenvalue weighted by Crippen LogP contribution is -2.58. The van der Waals surface area contributed by atoms with E-state index in [2.05, 4.69) is 16.4 Å². The van der Waals surface area contributed by atoms with Crippen LogP contribution < -0.4 is 0 Å². The summed E-state index contributed by atoms with van der Waals surface area (Å²) in [6.45, 7) is 7.36. The SMILES string of the molecule is CC(O)[C@H]1CC[C@H]2[C@@H]3CC[C@H]4C[C@](C)(O)CC[C@]4(COP)[C@H]3CC[C@]12C. The van der Waals surface area contributed by atoms with Gasteiger partial charge in [-0.15, -0.1) is 0 Å².